The van der Waals surface area contributed by atoms with Crippen molar-refractivity contribution in [1.29, 1.82) is 0 Å². The highest BCUT2D eigenvalue weighted by Gasteiger charge is 2.16. The number of carbonyl (C=O) groups is 1. The number of phenolic OH excluding ortho intramolecular Hbond substituents is 1. The molecule has 0 saturated heterocycles. The Bertz CT molecular complexity index is 742. The van der Waals surface area contributed by atoms with Gasteiger partial charge in [-0.1, -0.05) is 12.1 Å². The van der Waals surface area contributed by atoms with E-state index in [1.165, 1.54) is 0 Å². The Balaban J connectivity index is 2.18. The number of hydrogen-bond donors (Lipinski definition) is 2. The van der Waals surface area contributed by atoms with Gasteiger partial charge in [-0.15, -0.1) is 0 Å². The number of nitrogens with one attached hydrogen (secondary N) is 1. The van der Waals surface area contributed by atoms with Gasteiger partial charge in [0.15, 0.2) is 11.5 Å². The van der Waals surface area contributed by atoms with Crippen LogP contribution in [0, 0.1) is 6.92 Å². The van der Waals surface area contributed by atoms with Crippen LogP contribution in [0.1, 0.15) is 48.3 Å². The van der Waals surface area contributed by atoms with Gasteiger partial charge in [0.05, 0.1) is 24.8 Å². The predicted octanol–water partition coefficient (Wildman–Crippen LogP) is 3.99. The van der Waals surface area contributed by atoms with Crippen LogP contribution in [0.4, 0.5) is 0 Å². The van der Waals surface area contributed by atoms with Gasteiger partial charge in [-0.25, -0.2) is 0 Å². The number of benzene rings is 2. The molecule has 0 aliphatic heterocycles. The molecular formula is C20H25NO4. The first-order valence-electron chi connectivity index (χ1n) is 8.46. The van der Waals surface area contributed by atoms with Crippen molar-refractivity contribution in [2.75, 3.05) is 13.2 Å². The number of aryl methyl sites for hydroxylation is 1. The lowest BCUT2D eigenvalue weighted by molar-refractivity contribution is 0.0937. The Morgan fingerprint density at radius 2 is 1.76 bits per heavy atom. The molecule has 2 N–H and O–H groups in total. The Morgan fingerprint density at radius 1 is 1.08 bits per heavy atom. The van der Waals surface area contributed by atoms with E-state index in [0.717, 1.165) is 11.1 Å². The maximum atomic E-state index is 12.4. The second-order valence-electron chi connectivity index (χ2n) is 5.79. The summed E-state index contributed by atoms with van der Waals surface area (Å²) >= 11 is 0. The van der Waals surface area contributed by atoms with E-state index in [2.05, 4.69) is 5.32 Å². The summed E-state index contributed by atoms with van der Waals surface area (Å²) in [5.74, 6) is 0.993. The van der Waals surface area contributed by atoms with Gasteiger partial charge in [0.1, 0.15) is 5.75 Å². The van der Waals surface area contributed by atoms with Crippen molar-refractivity contribution in [2.45, 2.75) is 33.7 Å². The standard InChI is InChI=1S/C20H25NO4/c1-5-24-18-10-8-15(12-19(18)25-6-2)14(4)21-20(23)16-9-7-13(3)11-17(16)22/h7-12,14,22H,5-6H2,1-4H3,(H,21,23). The van der Waals surface area contributed by atoms with Gasteiger partial charge in [0, 0.05) is 0 Å². The normalized spacial score (nSPS) is 11.7. The second kappa shape index (κ2) is 8.42. The quantitative estimate of drug-likeness (QED) is 0.798. The van der Waals surface area contributed by atoms with Crippen LogP contribution in [0.25, 0.3) is 0 Å². The Morgan fingerprint density at radius 3 is 2.40 bits per heavy atom. The van der Waals surface area contributed by atoms with E-state index in [1.54, 1.807) is 18.2 Å². The van der Waals surface area contributed by atoms with Crippen molar-refractivity contribution in [1.82, 2.24) is 5.32 Å². The first-order chi connectivity index (χ1) is 12.0. The third-order valence-electron chi connectivity index (χ3n) is 3.81. The highest BCUT2D eigenvalue weighted by atomic mass is 16.5. The number of phenols is 1. The van der Waals surface area contributed by atoms with Gasteiger partial charge in [0.2, 0.25) is 0 Å². The number of aromatic hydroxyl groups is 1. The SMILES string of the molecule is CCOc1ccc(C(C)NC(=O)c2ccc(C)cc2O)cc1OCC. The molecule has 5 nitrogen and oxygen atoms in total. The minimum absolute atomic E-state index is 0.0219. The van der Waals surface area contributed by atoms with Crippen LogP contribution in [0.15, 0.2) is 36.4 Å². The molecule has 5 heteroatoms. The highest BCUT2D eigenvalue weighted by Crippen LogP contribution is 2.31. The summed E-state index contributed by atoms with van der Waals surface area (Å²) in [6.07, 6.45) is 0. The zero-order valence-electron chi connectivity index (χ0n) is 15.1. The van der Waals surface area contributed by atoms with Crippen LogP contribution < -0.4 is 14.8 Å². The van der Waals surface area contributed by atoms with Crippen LogP contribution in [0.2, 0.25) is 0 Å². The van der Waals surface area contributed by atoms with E-state index in [1.807, 2.05) is 45.9 Å². The first kappa shape index (κ1) is 18.6. The summed E-state index contributed by atoms with van der Waals surface area (Å²) in [6, 6.07) is 10.4. The van der Waals surface area contributed by atoms with Crippen LogP contribution in [0.5, 0.6) is 17.2 Å². The Labute approximate surface area is 148 Å². The van der Waals surface area contributed by atoms with Gasteiger partial charge in [-0.3, -0.25) is 4.79 Å². The van der Waals surface area contributed by atoms with Gasteiger partial charge in [0.25, 0.3) is 5.91 Å². The molecule has 2 rings (SSSR count). The average molecular weight is 343 g/mol. The van der Waals surface area contributed by atoms with Gasteiger partial charge >= 0.3 is 0 Å². The number of carbonyl (C=O) groups excluding carboxylic acids is 1. The number of rotatable bonds is 7. The summed E-state index contributed by atoms with van der Waals surface area (Å²) in [5, 5.41) is 12.9. The van der Waals surface area contributed by atoms with Crippen LogP contribution in [-0.2, 0) is 0 Å². The van der Waals surface area contributed by atoms with Gasteiger partial charge in [-0.05, 0) is 63.1 Å². The van der Waals surface area contributed by atoms with Crippen LogP contribution >= 0.6 is 0 Å². The molecule has 1 atom stereocenters. The molecule has 25 heavy (non-hydrogen) atoms. The minimum Gasteiger partial charge on any atom is -0.507 e. The molecule has 0 saturated carbocycles. The molecule has 2 aromatic carbocycles. The molecule has 134 valence electrons. The van der Waals surface area contributed by atoms with E-state index in [-0.39, 0.29) is 23.3 Å². The molecule has 2 aromatic rings. The second-order valence-corrected chi connectivity index (χ2v) is 5.79. The van der Waals surface area contributed by atoms with E-state index >= 15 is 0 Å². The molecule has 0 aliphatic rings. The largest absolute Gasteiger partial charge is 0.507 e. The topological polar surface area (TPSA) is 67.8 Å². The molecule has 0 aliphatic carbocycles. The molecule has 0 spiro atoms. The Hall–Kier alpha value is -2.69. The first-order valence-corrected chi connectivity index (χ1v) is 8.46. The fourth-order valence-corrected chi connectivity index (χ4v) is 2.53. The maximum Gasteiger partial charge on any atom is 0.255 e. The molecular weight excluding hydrogens is 318 g/mol. The van der Waals surface area contributed by atoms with Crippen molar-refractivity contribution in [3.05, 3.63) is 53.1 Å². The number of ether oxygens (including phenoxy) is 2. The highest BCUT2D eigenvalue weighted by molar-refractivity contribution is 5.97. The lowest BCUT2D eigenvalue weighted by Gasteiger charge is -2.18. The monoisotopic (exact) mass is 343 g/mol. The molecule has 0 heterocycles. The summed E-state index contributed by atoms with van der Waals surface area (Å²) < 4.78 is 11.2. The third-order valence-corrected chi connectivity index (χ3v) is 3.81. The smallest absolute Gasteiger partial charge is 0.255 e. The summed E-state index contributed by atoms with van der Waals surface area (Å²) in [5.41, 5.74) is 2.05. The van der Waals surface area contributed by atoms with Crippen LogP contribution in [0.3, 0.4) is 0 Å². The summed E-state index contributed by atoms with van der Waals surface area (Å²) in [7, 11) is 0. The molecule has 1 amide bonds. The molecule has 0 radical (unpaired) electrons. The molecule has 0 bridgehead atoms. The van der Waals surface area contributed by atoms with Crippen molar-refractivity contribution in [3.8, 4) is 17.2 Å². The third kappa shape index (κ3) is 4.66. The lowest BCUT2D eigenvalue weighted by Crippen LogP contribution is -2.26. The maximum absolute atomic E-state index is 12.4. The van der Waals surface area contributed by atoms with Crippen LogP contribution in [-0.4, -0.2) is 24.2 Å². The van der Waals surface area contributed by atoms with Crippen molar-refractivity contribution < 1.29 is 19.4 Å². The van der Waals surface area contributed by atoms with E-state index in [9.17, 15) is 9.90 Å². The number of amides is 1. The fourth-order valence-electron chi connectivity index (χ4n) is 2.53. The molecule has 0 aromatic heterocycles. The number of hydrogen-bond acceptors (Lipinski definition) is 4. The van der Waals surface area contributed by atoms with E-state index in [4.69, 9.17) is 9.47 Å². The zero-order chi connectivity index (χ0) is 18.4. The minimum atomic E-state index is -0.322. The summed E-state index contributed by atoms with van der Waals surface area (Å²) in [4.78, 5) is 12.4. The van der Waals surface area contributed by atoms with E-state index in [0.29, 0.717) is 24.7 Å². The van der Waals surface area contributed by atoms with Gasteiger partial charge in [-0.2, -0.15) is 0 Å². The molecule has 1 unspecified atom stereocenters. The van der Waals surface area contributed by atoms with Crippen molar-refractivity contribution in [3.63, 3.8) is 0 Å². The lowest BCUT2D eigenvalue weighted by atomic mass is 10.1. The van der Waals surface area contributed by atoms with Crippen molar-refractivity contribution in [2.24, 2.45) is 0 Å². The zero-order valence-corrected chi connectivity index (χ0v) is 15.1. The van der Waals surface area contributed by atoms with Crippen molar-refractivity contribution >= 4 is 5.91 Å². The fraction of sp³-hybridized carbons (Fsp3) is 0.350. The van der Waals surface area contributed by atoms with E-state index < -0.39 is 0 Å². The summed E-state index contributed by atoms with van der Waals surface area (Å²) in [6.45, 7) is 8.65. The van der Waals surface area contributed by atoms with Gasteiger partial charge < -0.3 is 19.9 Å². The molecule has 0 fully saturated rings. The predicted molar refractivity (Wildman–Crippen MR) is 97.5 cm³/mol. The Kier molecular flexibility index (Phi) is 6.28. The average Bonchev–Trinajstić information content (AvgIpc) is 2.56.